The number of aliphatic hydroxyl groups is 1. The number of methoxy groups -OCH3 is 1. The lowest BCUT2D eigenvalue weighted by molar-refractivity contribution is 0.0691. The molecular formula is C11H21NO2. The largest absolute Gasteiger partial charge is 0.395 e. The van der Waals surface area contributed by atoms with E-state index in [1.54, 1.807) is 7.11 Å². The molecule has 2 atom stereocenters. The molecule has 0 spiro atoms. The van der Waals surface area contributed by atoms with Crippen LogP contribution in [0.3, 0.4) is 0 Å². The maximum atomic E-state index is 8.93. The van der Waals surface area contributed by atoms with E-state index < -0.39 is 0 Å². The second-order valence-electron chi connectivity index (χ2n) is 4.84. The standard InChI is InChI=1S/C11H21NO2/c1-14-9-11-4-2-3-10(11)7-12(8-11)5-6-13/h10,13H,2-9H2,1H3/t10-,11+/m0/s1. The minimum atomic E-state index is 0.287. The third-order valence-corrected chi connectivity index (χ3v) is 3.96. The summed E-state index contributed by atoms with van der Waals surface area (Å²) in [6.45, 7) is 4.33. The molecule has 3 heteroatoms. The summed E-state index contributed by atoms with van der Waals surface area (Å²) in [5.74, 6) is 0.814. The highest BCUT2D eigenvalue weighted by Crippen LogP contribution is 2.48. The molecule has 1 N–H and O–H groups in total. The van der Waals surface area contributed by atoms with E-state index in [2.05, 4.69) is 4.90 Å². The van der Waals surface area contributed by atoms with Crippen LogP contribution in [0.25, 0.3) is 0 Å². The van der Waals surface area contributed by atoms with Crippen LogP contribution in [0.2, 0.25) is 0 Å². The molecule has 3 nitrogen and oxygen atoms in total. The first-order valence-corrected chi connectivity index (χ1v) is 5.63. The quantitative estimate of drug-likeness (QED) is 0.724. The maximum Gasteiger partial charge on any atom is 0.0558 e. The van der Waals surface area contributed by atoms with Crippen molar-refractivity contribution in [2.75, 3.05) is 40.0 Å². The zero-order valence-electron chi connectivity index (χ0n) is 9.04. The number of nitrogens with zero attached hydrogens (tertiary/aromatic N) is 1. The average molecular weight is 199 g/mol. The number of rotatable bonds is 4. The predicted octanol–water partition coefficient (Wildman–Crippen LogP) is 0.727. The van der Waals surface area contributed by atoms with Crippen LogP contribution in [-0.2, 0) is 4.74 Å². The van der Waals surface area contributed by atoms with Gasteiger partial charge in [0.25, 0.3) is 0 Å². The minimum absolute atomic E-state index is 0.287. The summed E-state index contributed by atoms with van der Waals surface area (Å²) in [5, 5.41) is 8.93. The molecular weight excluding hydrogens is 178 g/mol. The van der Waals surface area contributed by atoms with Gasteiger partial charge in [-0.1, -0.05) is 6.42 Å². The van der Waals surface area contributed by atoms with E-state index in [0.29, 0.717) is 5.41 Å². The lowest BCUT2D eigenvalue weighted by atomic mass is 9.82. The molecule has 1 aliphatic carbocycles. The lowest BCUT2D eigenvalue weighted by Gasteiger charge is -2.27. The van der Waals surface area contributed by atoms with E-state index in [4.69, 9.17) is 9.84 Å². The third-order valence-electron chi connectivity index (χ3n) is 3.96. The summed E-state index contributed by atoms with van der Waals surface area (Å²) in [6.07, 6.45) is 4.03. The Morgan fingerprint density at radius 1 is 1.57 bits per heavy atom. The van der Waals surface area contributed by atoms with Gasteiger partial charge in [-0.15, -0.1) is 0 Å². The van der Waals surface area contributed by atoms with Crippen molar-refractivity contribution < 1.29 is 9.84 Å². The molecule has 0 bridgehead atoms. The Bertz CT molecular complexity index is 198. The van der Waals surface area contributed by atoms with Crippen LogP contribution in [-0.4, -0.2) is 50.0 Å². The van der Waals surface area contributed by atoms with Crippen LogP contribution in [0.1, 0.15) is 19.3 Å². The first-order valence-electron chi connectivity index (χ1n) is 5.63. The number of ether oxygens (including phenoxy) is 1. The highest BCUT2D eigenvalue weighted by molar-refractivity contribution is 5.00. The average Bonchev–Trinajstić information content (AvgIpc) is 2.61. The van der Waals surface area contributed by atoms with Gasteiger partial charge in [0.2, 0.25) is 0 Å². The van der Waals surface area contributed by atoms with Crippen molar-refractivity contribution in [3.63, 3.8) is 0 Å². The summed E-state index contributed by atoms with van der Waals surface area (Å²) in [5.41, 5.74) is 0.421. The summed E-state index contributed by atoms with van der Waals surface area (Å²) < 4.78 is 5.37. The molecule has 2 aliphatic rings. The molecule has 0 aromatic heterocycles. The van der Waals surface area contributed by atoms with Crippen LogP contribution >= 0.6 is 0 Å². The molecule has 0 amide bonds. The lowest BCUT2D eigenvalue weighted by Crippen LogP contribution is -2.32. The van der Waals surface area contributed by atoms with Crippen LogP contribution < -0.4 is 0 Å². The topological polar surface area (TPSA) is 32.7 Å². The Morgan fingerprint density at radius 3 is 3.14 bits per heavy atom. The summed E-state index contributed by atoms with van der Waals surface area (Å²) in [6, 6.07) is 0. The van der Waals surface area contributed by atoms with Gasteiger partial charge in [-0.25, -0.2) is 0 Å². The molecule has 0 aromatic carbocycles. The SMILES string of the molecule is COC[C@]12CCC[C@H]1CN(CCO)C2. The van der Waals surface area contributed by atoms with Crippen molar-refractivity contribution in [3.8, 4) is 0 Å². The Morgan fingerprint density at radius 2 is 2.43 bits per heavy atom. The molecule has 82 valence electrons. The normalized spacial score (nSPS) is 37.7. The number of fused-ring (bicyclic) bond motifs is 1. The Hall–Kier alpha value is -0.120. The first kappa shape index (κ1) is 10.4. The van der Waals surface area contributed by atoms with Gasteiger partial charge in [0, 0.05) is 32.2 Å². The van der Waals surface area contributed by atoms with Gasteiger partial charge >= 0.3 is 0 Å². The number of hydrogen-bond donors (Lipinski definition) is 1. The minimum Gasteiger partial charge on any atom is -0.395 e. The van der Waals surface area contributed by atoms with E-state index in [-0.39, 0.29) is 6.61 Å². The molecule has 0 radical (unpaired) electrons. The van der Waals surface area contributed by atoms with Gasteiger partial charge in [0.1, 0.15) is 0 Å². The van der Waals surface area contributed by atoms with E-state index in [1.165, 1.54) is 25.8 Å². The molecule has 1 saturated heterocycles. The summed E-state index contributed by atoms with van der Waals surface area (Å²) in [7, 11) is 1.80. The molecule has 1 heterocycles. The van der Waals surface area contributed by atoms with Crippen molar-refractivity contribution in [3.05, 3.63) is 0 Å². The third kappa shape index (κ3) is 1.69. The van der Waals surface area contributed by atoms with Gasteiger partial charge in [0.15, 0.2) is 0 Å². The van der Waals surface area contributed by atoms with Crippen LogP contribution in [0.15, 0.2) is 0 Å². The van der Waals surface area contributed by atoms with E-state index in [1.807, 2.05) is 0 Å². The van der Waals surface area contributed by atoms with Gasteiger partial charge in [-0.2, -0.15) is 0 Å². The molecule has 1 aliphatic heterocycles. The predicted molar refractivity (Wildman–Crippen MR) is 55.2 cm³/mol. The highest BCUT2D eigenvalue weighted by Gasteiger charge is 2.48. The highest BCUT2D eigenvalue weighted by atomic mass is 16.5. The van der Waals surface area contributed by atoms with Crippen molar-refractivity contribution in [2.24, 2.45) is 11.3 Å². The van der Waals surface area contributed by atoms with E-state index in [9.17, 15) is 0 Å². The Kier molecular flexibility index (Phi) is 3.10. The van der Waals surface area contributed by atoms with Gasteiger partial charge in [0.05, 0.1) is 13.2 Å². The molecule has 0 unspecified atom stereocenters. The molecule has 2 fully saturated rings. The fourth-order valence-corrected chi connectivity index (χ4v) is 3.36. The summed E-state index contributed by atoms with van der Waals surface area (Å²) >= 11 is 0. The van der Waals surface area contributed by atoms with Gasteiger partial charge in [-0.05, 0) is 18.8 Å². The second kappa shape index (κ2) is 4.17. The van der Waals surface area contributed by atoms with Crippen molar-refractivity contribution in [1.82, 2.24) is 4.90 Å². The number of aliphatic hydroxyl groups excluding tert-OH is 1. The molecule has 0 aromatic rings. The maximum absolute atomic E-state index is 8.93. The second-order valence-corrected chi connectivity index (χ2v) is 4.84. The Balaban J connectivity index is 1.99. The van der Waals surface area contributed by atoms with Crippen LogP contribution in [0, 0.1) is 11.3 Å². The molecule has 2 rings (SSSR count). The fraction of sp³-hybridized carbons (Fsp3) is 1.00. The number of likely N-dealkylation sites (tertiary alicyclic amines) is 1. The van der Waals surface area contributed by atoms with Crippen molar-refractivity contribution in [2.45, 2.75) is 19.3 Å². The smallest absolute Gasteiger partial charge is 0.0558 e. The van der Waals surface area contributed by atoms with Crippen LogP contribution in [0.4, 0.5) is 0 Å². The number of hydrogen-bond acceptors (Lipinski definition) is 3. The van der Waals surface area contributed by atoms with Gasteiger partial charge in [-0.3, -0.25) is 0 Å². The fourth-order valence-electron chi connectivity index (χ4n) is 3.36. The zero-order chi connectivity index (χ0) is 10.0. The first-order chi connectivity index (χ1) is 6.80. The molecule has 14 heavy (non-hydrogen) atoms. The summed E-state index contributed by atoms with van der Waals surface area (Å²) in [4.78, 5) is 2.39. The van der Waals surface area contributed by atoms with Gasteiger partial charge < -0.3 is 14.7 Å². The van der Waals surface area contributed by atoms with Crippen LogP contribution in [0.5, 0.6) is 0 Å². The molecule has 1 saturated carbocycles. The Labute approximate surface area is 86.0 Å². The zero-order valence-corrected chi connectivity index (χ0v) is 9.04. The van der Waals surface area contributed by atoms with E-state index >= 15 is 0 Å². The van der Waals surface area contributed by atoms with E-state index in [0.717, 1.165) is 25.6 Å². The van der Waals surface area contributed by atoms with Crippen molar-refractivity contribution in [1.29, 1.82) is 0 Å². The number of β-amino-alcohol motifs (C(OH)–C–C–N with tert-alkyl or cyclic N) is 1. The van der Waals surface area contributed by atoms with Crippen molar-refractivity contribution >= 4 is 0 Å². The monoisotopic (exact) mass is 199 g/mol.